The lowest BCUT2D eigenvalue weighted by Gasteiger charge is -2.18. The van der Waals surface area contributed by atoms with Crippen molar-refractivity contribution in [2.75, 3.05) is 13.1 Å². The van der Waals surface area contributed by atoms with Crippen molar-refractivity contribution >= 4 is 5.91 Å². The number of benzene rings is 2. The van der Waals surface area contributed by atoms with Crippen molar-refractivity contribution < 1.29 is 9.53 Å². The maximum Gasteiger partial charge on any atom is 0.255 e. The monoisotopic (exact) mass is 364 g/mol. The Labute approximate surface area is 161 Å². The molecule has 4 heteroatoms. The van der Waals surface area contributed by atoms with Crippen molar-refractivity contribution in [1.29, 1.82) is 0 Å². The highest BCUT2D eigenvalue weighted by Crippen LogP contribution is 2.40. The summed E-state index contributed by atoms with van der Waals surface area (Å²) in [7, 11) is 0. The van der Waals surface area contributed by atoms with Gasteiger partial charge in [-0.15, -0.1) is 0 Å². The van der Waals surface area contributed by atoms with Crippen molar-refractivity contribution in [3.8, 4) is 5.75 Å². The number of para-hydroxylation sites is 1. The Balaban J connectivity index is 1.47. The van der Waals surface area contributed by atoms with E-state index in [2.05, 4.69) is 48.3 Å². The molecule has 0 bridgehead atoms. The van der Waals surface area contributed by atoms with E-state index in [4.69, 9.17) is 4.74 Å². The lowest BCUT2D eigenvalue weighted by molar-refractivity contribution is 0.0945. The maximum absolute atomic E-state index is 12.8. The van der Waals surface area contributed by atoms with Crippen LogP contribution in [0.4, 0.5) is 0 Å². The Hall–Kier alpha value is -2.33. The number of carbonyl (C=O) groups is 1. The smallest absolute Gasteiger partial charge is 0.255 e. The number of amides is 1. The molecule has 2 aromatic carbocycles. The Bertz CT molecular complexity index is 827. The molecule has 142 valence electrons. The normalized spacial score (nSPS) is 21.7. The molecule has 4 nitrogen and oxygen atoms in total. The molecule has 1 saturated heterocycles. The number of fused-ring (bicyclic) bond motifs is 1. The van der Waals surface area contributed by atoms with Crippen LogP contribution in [0.1, 0.15) is 59.7 Å². The molecule has 4 rings (SSSR count). The number of hydrogen-bond acceptors (Lipinski definition) is 3. The van der Waals surface area contributed by atoms with E-state index in [-0.39, 0.29) is 12.0 Å². The van der Waals surface area contributed by atoms with Crippen LogP contribution in [-0.4, -0.2) is 30.0 Å². The maximum atomic E-state index is 12.8. The molecule has 2 aromatic rings. The molecular formula is C23H28N2O2. The van der Waals surface area contributed by atoms with Gasteiger partial charge in [0.05, 0.1) is 5.56 Å². The van der Waals surface area contributed by atoms with Crippen LogP contribution in [0.2, 0.25) is 0 Å². The Morgan fingerprint density at radius 2 is 1.81 bits per heavy atom. The largest absolute Gasteiger partial charge is 0.489 e. The molecule has 2 heterocycles. The number of nitrogens with one attached hydrogen (secondary N) is 1. The molecule has 0 aliphatic carbocycles. The minimum Gasteiger partial charge on any atom is -0.489 e. The van der Waals surface area contributed by atoms with Crippen LogP contribution in [0, 0.1) is 0 Å². The van der Waals surface area contributed by atoms with E-state index in [0.29, 0.717) is 18.0 Å². The van der Waals surface area contributed by atoms with Gasteiger partial charge in [-0.1, -0.05) is 43.3 Å². The molecule has 0 spiro atoms. The first-order valence-electron chi connectivity index (χ1n) is 10.0. The first-order chi connectivity index (χ1) is 13.1. The lowest BCUT2D eigenvalue weighted by atomic mass is 9.97. The third-order valence-corrected chi connectivity index (χ3v) is 5.94. The van der Waals surface area contributed by atoms with Crippen LogP contribution < -0.4 is 10.1 Å². The molecule has 2 aliphatic heterocycles. The zero-order valence-electron chi connectivity index (χ0n) is 16.2. The van der Waals surface area contributed by atoms with E-state index in [1.54, 1.807) is 0 Å². The highest BCUT2D eigenvalue weighted by molar-refractivity contribution is 5.97. The third-order valence-electron chi connectivity index (χ3n) is 5.94. The summed E-state index contributed by atoms with van der Waals surface area (Å²) >= 11 is 0. The van der Waals surface area contributed by atoms with Crippen molar-refractivity contribution in [2.24, 2.45) is 0 Å². The molecule has 2 atom stereocenters. The highest BCUT2D eigenvalue weighted by atomic mass is 16.5. The van der Waals surface area contributed by atoms with E-state index in [1.165, 1.54) is 37.1 Å². The lowest BCUT2D eigenvalue weighted by Crippen LogP contribution is -2.25. The molecule has 0 unspecified atom stereocenters. The Kier molecular flexibility index (Phi) is 5.17. The van der Waals surface area contributed by atoms with Crippen molar-refractivity contribution in [1.82, 2.24) is 10.2 Å². The van der Waals surface area contributed by atoms with E-state index in [0.717, 1.165) is 17.9 Å². The molecule has 1 fully saturated rings. The third kappa shape index (κ3) is 3.72. The Morgan fingerprint density at radius 1 is 1.07 bits per heavy atom. The highest BCUT2D eigenvalue weighted by Gasteiger charge is 2.31. The second-order valence-corrected chi connectivity index (χ2v) is 7.77. The van der Waals surface area contributed by atoms with Crippen molar-refractivity contribution in [3.05, 3.63) is 64.7 Å². The van der Waals surface area contributed by atoms with Crippen molar-refractivity contribution in [2.45, 2.75) is 51.8 Å². The SMILES string of the molecule is C[C@@H]1c2cccc(C(=O)NCc3ccccc3CN3CCCC3)c2O[C@@H]1C. The van der Waals surface area contributed by atoms with Gasteiger partial charge >= 0.3 is 0 Å². The number of carbonyl (C=O) groups excluding carboxylic acids is 1. The fraction of sp³-hybridized carbons (Fsp3) is 0.435. The first kappa shape index (κ1) is 18.1. The summed E-state index contributed by atoms with van der Waals surface area (Å²) < 4.78 is 5.97. The van der Waals surface area contributed by atoms with Gasteiger partial charge in [-0.2, -0.15) is 0 Å². The quantitative estimate of drug-likeness (QED) is 0.869. The molecule has 0 radical (unpaired) electrons. The zero-order chi connectivity index (χ0) is 18.8. The fourth-order valence-corrected chi connectivity index (χ4v) is 4.10. The minimum atomic E-state index is -0.0656. The molecular weight excluding hydrogens is 336 g/mol. The van der Waals surface area contributed by atoms with Crippen LogP contribution in [0.15, 0.2) is 42.5 Å². The number of likely N-dealkylation sites (tertiary alicyclic amines) is 1. The number of ether oxygens (including phenoxy) is 1. The van der Waals surface area contributed by atoms with E-state index in [9.17, 15) is 4.79 Å². The zero-order valence-corrected chi connectivity index (χ0v) is 16.2. The second-order valence-electron chi connectivity index (χ2n) is 7.77. The van der Waals surface area contributed by atoms with Gasteiger partial charge in [-0.25, -0.2) is 0 Å². The van der Waals surface area contributed by atoms with Gasteiger partial charge in [-0.05, 0) is 50.0 Å². The molecule has 2 aliphatic rings. The van der Waals surface area contributed by atoms with Gasteiger partial charge in [0.15, 0.2) is 0 Å². The topological polar surface area (TPSA) is 41.6 Å². The summed E-state index contributed by atoms with van der Waals surface area (Å²) in [6, 6.07) is 14.3. The first-order valence-corrected chi connectivity index (χ1v) is 10.0. The second kappa shape index (κ2) is 7.73. The van der Waals surface area contributed by atoms with Gasteiger partial charge < -0.3 is 10.1 Å². The summed E-state index contributed by atoms with van der Waals surface area (Å²) in [5.41, 5.74) is 4.26. The number of nitrogens with zero attached hydrogens (tertiary/aromatic N) is 1. The van der Waals surface area contributed by atoms with Crippen LogP contribution in [0.5, 0.6) is 5.75 Å². The van der Waals surface area contributed by atoms with Gasteiger partial charge in [0.2, 0.25) is 0 Å². The van der Waals surface area contributed by atoms with Crippen molar-refractivity contribution in [3.63, 3.8) is 0 Å². The predicted octanol–water partition coefficient (Wildman–Crippen LogP) is 4.10. The van der Waals surface area contributed by atoms with Crippen LogP contribution in [0.3, 0.4) is 0 Å². The summed E-state index contributed by atoms with van der Waals surface area (Å²) in [5.74, 6) is 0.999. The van der Waals surface area contributed by atoms with Gasteiger partial charge in [0.1, 0.15) is 11.9 Å². The van der Waals surface area contributed by atoms with Crippen LogP contribution in [-0.2, 0) is 13.1 Å². The van der Waals surface area contributed by atoms with E-state index >= 15 is 0 Å². The standard InChI is InChI=1S/C23H28N2O2/c1-16-17(2)27-22-20(16)10-7-11-21(22)23(26)24-14-18-8-3-4-9-19(18)15-25-12-5-6-13-25/h3-4,7-11,16-17H,5-6,12-15H2,1-2H3,(H,24,26)/t16-,17+/m0/s1. The van der Waals surface area contributed by atoms with E-state index < -0.39 is 0 Å². The van der Waals surface area contributed by atoms with Gasteiger partial charge in [0, 0.05) is 24.6 Å². The molecule has 27 heavy (non-hydrogen) atoms. The van der Waals surface area contributed by atoms with Crippen LogP contribution >= 0.6 is 0 Å². The predicted molar refractivity (Wildman–Crippen MR) is 107 cm³/mol. The summed E-state index contributed by atoms with van der Waals surface area (Å²) in [4.78, 5) is 15.3. The molecule has 0 aromatic heterocycles. The summed E-state index contributed by atoms with van der Waals surface area (Å²) in [5, 5.41) is 3.10. The van der Waals surface area contributed by atoms with Gasteiger partial charge in [-0.3, -0.25) is 9.69 Å². The summed E-state index contributed by atoms with van der Waals surface area (Å²) in [6.45, 7) is 8.05. The molecule has 1 N–H and O–H groups in total. The van der Waals surface area contributed by atoms with Gasteiger partial charge in [0.25, 0.3) is 5.91 Å². The minimum absolute atomic E-state index is 0.0656. The van der Waals surface area contributed by atoms with E-state index in [1.807, 2.05) is 18.2 Å². The number of rotatable bonds is 5. The fourth-order valence-electron chi connectivity index (χ4n) is 4.10. The number of hydrogen-bond donors (Lipinski definition) is 1. The average Bonchev–Trinajstić information content (AvgIpc) is 3.29. The Morgan fingerprint density at radius 3 is 2.59 bits per heavy atom. The summed E-state index contributed by atoms with van der Waals surface area (Å²) in [6.07, 6.45) is 2.68. The molecule has 1 amide bonds. The van der Waals surface area contributed by atoms with Crippen LogP contribution in [0.25, 0.3) is 0 Å². The average molecular weight is 364 g/mol. The molecule has 0 saturated carbocycles.